The first kappa shape index (κ1) is 19.4. The van der Waals surface area contributed by atoms with Crippen molar-refractivity contribution in [2.24, 2.45) is 0 Å². The van der Waals surface area contributed by atoms with Crippen LogP contribution in [0.3, 0.4) is 0 Å². The predicted molar refractivity (Wildman–Crippen MR) is 107 cm³/mol. The number of esters is 1. The molecule has 3 rings (SSSR count). The third-order valence-corrected chi connectivity index (χ3v) is 6.24. The molecule has 0 aliphatic heterocycles. The summed E-state index contributed by atoms with van der Waals surface area (Å²) in [6, 6.07) is 4.02. The number of ether oxygens (including phenoxy) is 2. The molecule has 1 aromatic heterocycles. The quantitative estimate of drug-likeness (QED) is 0.775. The highest BCUT2D eigenvalue weighted by Crippen LogP contribution is 2.38. The lowest BCUT2D eigenvalue weighted by Crippen LogP contribution is -2.21. The molecular formula is C21H25NO4S. The van der Waals surface area contributed by atoms with Crippen molar-refractivity contribution >= 4 is 28.2 Å². The molecule has 6 heteroatoms. The molecule has 144 valence electrons. The number of rotatable bonds is 5. The SMILES string of the molecule is COC(=O)c1c(NC(=O)COc2c(C)ccc(C)c2C)sc2c1CCCC2. The van der Waals surface area contributed by atoms with E-state index in [-0.39, 0.29) is 12.5 Å². The van der Waals surface area contributed by atoms with Gasteiger partial charge in [0.2, 0.25) is 0 Å². The summed E-state index contributed by atoms with van der Waals surface area (Å²) in [4.78, 5) is 25.9. The van der Waals surface area contributed by atoms with Crippen molar-refractivity contribution in [2.75, 3.05) is 19.0 Å². The Labute approximate surface area is 163 Å². The maximum absolute atomic E-state index is 12.5. The largest absolute Gasteiger partial charge is 0.483 e. The van der Waals surface area contributed by atoms with Crippen LogP contribution >= 0.6 is 11.3 Å². The number of hydrogen-bond donors (Lipinski definition) is 1. The third-order valence-electron chi connectivity index (χ3n) is 5.03. The van der Waals surface area contributed by atoms with Crippen LogP contribution in [-0.2, 0) is 22.4 Å². The van der Waals surface area contributed by atoms with Gasteiger partial charge < -0.3 is 14.8 Å². The van der Waals surface area contributed by atoms with Gasteiger partial charge in [-0.05, 0) is 68.7 Å². The van der Waals surface area contributed by atoms with E-state index in [0.29, 0.717) is 10.6 Å². The molecule has 27 heavy (non-hydrogen) atoms. The topological polar surface area (TPSA) is 64.6 Å². The molecule has 0 saturated carbocycles. The van der Waals surface area contributed by atoms with Crippen LogP contribution in [-0.4, -0.2) is 25.6 Å². The Hall–Kier alpha value is -2.34. The molecule has 1 aromatic carbocycles. The Morgan fingerprint density at radius 1 is 1.11 bits per heavy atom. The van der Waals surface area contributed by atoms with E-state index in [9.17, 15) is 9.59 Å². The van der Waals surface area contributed by atoms with Gasteiger partial charge in [-0.25, -0.2) is 4.79 Å². The second kappa shape index (κ2) is 8.13. The fourth-order valence-corrected chi connectivity index (χ4v) is 4.71. The molecule has 0 spiro atoms. The summed E-state index contributed by atoms with van der Waals surface area (Å²) in [5.74, 6) is 0.0684. The van der Waals surface area contributed by atoms with Crippen molar-refractivity contribution < 1.29 is 19.1 Å². The zero-order chi connectivity index (χ0) is 19.6. The van der Waals surface area contributed by atoms with Gasteiger partial charge in [-0.15, -0.1) is 11.3 Å². The minimum atomic E-state index is -0.393. The molecule has 0 unspecified atom stereocenters. The molecule has 1 aliphatic rings. The number of nitrogens with one attached hydrogen (secondary N) is 1. The highest BCUT2D eigenvalue weighted by molar-refractivity contribution is 7.17. The number of benzene rings is 1. The summed E-state index contributed by atoms with van der Waals surface area (Å²) < 4.78 is 10.7. The number of aryl methyl sites for hydroxylation is 3. The first-order chi connectivity index (χ1) is 12.9. The van der Waals surface area contributed by atoms with E-state index in [1.165, 1.54) is 23.3 Å². The summed E-state index contributed by atoms with van der Waals surface area (Å²) >= 11 is 1.48. The van der Waals surface area contributed by atoms with Crippen LogP contribution < -0.4 is 10.1 Å². The first-order valence-electron chi connectivity index (χ1n) is 9.14. The van der Waals surface area contributed by atoms with Gasteiger partial charge in [0.25, 0.3) is 5.91 Å². The minimum absolute atomic E-state index is 0.103. The van der Waals surface area contributed by atoms with Crippen molar-refractivity contribution in [2.45, 2.75) is 46.5 Å². The summed E-state index contributed by atoms with van der Waals surface area (Å²) in [7, 11) is 1.37. The summed E-state index contributed by atoms with van der Waals surface area (Å²) in [5, 5.41) is 3.43. The highest BCUT2D eigenvalue weighted by atomic mass is 32.1. The van der Waals surface area contributed by atoms with Crippen molar-refractivity contribution in [1.29, 1.82) is 0 Å². The Balaban J connectivity index is 1.76. The van der Waals surface area contributed by atoms with Crippen LogP contribution in [0, 0.1) is 20.8 Å². The fraction of sp³-hybridized carbons (Fsp3) is 0.429. The van der Waals surface area contributed by atoms with Crippen molar-refractivity contribution in [3.8, 4) is 5.75 Å². The summed E-state index contributed by atoms with van der Waals surface area (Å²) in [5.41, 5.74) is 4.68. The summed E-state index contributed by atoms with van der Waals surface area (Å²) in [6.45, 7) is 5.86. The molecule has 1 amide bonds. The van der Waals surface area contributed by atoms with E-state index >= 15 is 0 Å². The van der Waals surface area contributed by atoms with Crippen molar-refractivity contribution in [3.63, 3.8) is 0 Å². The van der Waals surface area contributed by atoms with Crippen LogP contribution in [0.2, 0.25) is 0 Å². The molecule has 0 fully saturated rings. The van der Waals surface area contributed by atoms with Gasteiger partial charge in [-0.2, -0.15) is 0 Å². The van der Waals surface area contributed by atoms with Gasteiger partial charge in [0, 0.05) is 4.88 Å². The number of anilines is 1. The second-order valence-electron chi connectivity index (χ2n) is 6.90. The van der Waals surface area contributed by atoms with E-state index in [1.54, 1.807) is 0 Å². The summed E-state index contributed by atoms with van der Waals surface area (Å²) in [6.07, 6.45) is 3.95. The van der Waals surface area contributed by atoms with Gasteiger partial charge in [-0.3, -0.25) is 4.79 Å². The highest BCUT2D eigenvalue weighted by Gasteiger charge is 2.27. The van der Waals surface area contributed by atoms with Crippen LogP contribution in [0.4, 0.5) is 5.00 Å². The maximum atomic E-state index is 12.5. The van der Waals surface area contributed by atoms with E-state index in [0.717, 1.165) is 53.7 Å². The van der Waals surface area contributed by atoms with Crippen LogP contribution in [0.15, 0.2) is 12.1 Å². The van der Waals surface area contributed by atoms with Gasteiger partial charge in [0.1, 0.15) is 10.8 Å². The Morgan fingerprint density at radius 2 is 1.81 bits per heavy atom. The molecular weight excluding hydrogens is 362 g/mol. The Kier molecular flexibility index (Phi) is 5.85. The lowest BCUT2D eigenvalue weighted by atomic mass is 9.95. The van der Waals surface area contributed by atoms with Crippen LogP contribution in [0.1, 0.15) is 50.3 Å². The molecule has 0 saturated heterocycles. The number of fused-ring (bicyclic) bond motifs is 1. The van der Waals surface area contributed by atoms with Crippen LogP contribution in [0.25, 0.3) is 0 Å². The minimum Gasteiger partial charge on any atom is -0.483 e. The van der Waals surface area contributed by atoms with Gasteiger partial charge in [0.15, 0.2) is 6.61 Å². The third kappa shape index (κ3) is 4.00. The Morgan fingerprint density at radius 3 is 2.56 bits per heavy atom. The normalized spacial score (nSPS) is 13.0. The molecule has 2 aromatic rings. The molecule has 1 N–H and O–H groups in total. The average molecular weight is 388 g/mol. The van der Waals surface area contributed by atoms with E-state index in [1.807, 2.05) is 32.9 Å². The molecule has 0 bridgehead atoms. The lowest BCUT2D eigenvalue weighted by molar-refractivity contribution is -0.118. The second-order valence-corrected chi connectivity index (χ2v) is 8.00. The molecule has 1 heterocycles. The van der Waals surface area contributed by atoms with Crippen molar-refractivity contribution in [3.05, 3.63) is 44.8 Å². The van der Waals surface area contributed by atoms with Gasteiger partial charge in [-0.1, -0.05) is 12.1 Å². The smallest absolute Gasteiger partial charge is 0.341 e. The van der Waals surface area contributed by atoms with Gasteiger partial charge >= 0.3 is 5.97 Å². The van der Waals surface area contributed by atoms with E-state index in [2.05, 4.69) is 5.32 Å². The number of carbonyl (C=O) groups is 2. The number of methoxy groups -OCH3 is 1. The fourth-order valence-electron chi connectivity index (χ4n) is 3.42. The van der Waals surface area contributed by atoms with Crippen molar-refractivity contribution in [1.82, 2.24) is 0 Å². The standard InChI is InChI=1S/C21H25NO4S/c1-12-9-10-13(2)19(14(12)3)26-11-17(23)22-20-18(21(24)25-4)15-7-5-6-8-16(15)27-20/h9-10H,5-8,11H2,1-4H3,(H,22,23). The monoisotopic (exact) mass is 387 g/mol. The van der Waals surface area contributed by atoms with E-state index in [4.69, 9.17) is 9.47 Å². The zero-order valence-corrected chi connectivity index (χ0v) is 17.0. The average Bonchev–Trinajstić information content (AvgIpc) is 3.02. The molecule has 1 aliphatic carbocycles. The zero-order valence-electron chi connectivity index (χ0n) is 16.2. The molecule has 0 radical (unpaired) electrons. The molecule has 5 nitrogen and oxygen atoms in total. The predicted octanol–water partition coefficient (Wildman–Crippen LogP) is 4.36. The molecule has 0 atom stereocenters. The Bertz CT molecular complexity index is 885. The van der Waals surface area contributed by atoms with E-state index < -0.39 is 5.97 Å². The maximum Gasteiger partial charge on any atom is 0.341 e. The number of hydrogen-bond acceptors (Lipinski definition) is 5. The first-order valence-corrected chi connectivity index (χ1v) is 9.96. The van der Waals surface area contributed by atoms with Crippen LogP contribution in [0.5, 0.6) is 5.75 Å². The number of amides is 1. The number of carbonyl (C=O) groups excluding carboxylic acids is 2. The van der Waals surface area contributed by atoms with Gasteiger partial charge in [0.05, 0.1) is 12.7 Å². The lowest BCUT2D eigenvalue weighted by Gasteiger charge is -2.14. The number of thiophene rings is 1.